The van der Waals surface area contributed by atoms with Crippen LogP contribution in [-0.4, -0.2) is 58.8 Å². The third-order valence-corrected chi connectivity index (χ3v) is 6.16. The zero-order valence-corrected chi connectivity index (χ0v) is 18.7. The first-order chi connectivity index (χ1) is 15.5. The lowest BCUT2D eigenvalue weighted by atomic mass is 9.97. The van der Waals surface area contributed by atoms with Crippen LogP contribution in [0.25, 0.3) is 10.8 Å². The number of carbonyl (C=O) groups excluding carboxylic acids is 2. The van der Waals surface area contributed by atoms with E-state index in [1.807, 2.05) is 24.3 Å². The van der Waals surface area contributed by atoms with E-state index in [2.05, 4.69) is 5.32 Å². The SMILES string of the molecule is CC(C)C(N)C(=O)N1CCCC1C(=O)NC(Cc1ccc2ccccc2c1)C(O)C(F)(F)F. The van der Waals surface area contributed by atoms with Crippen molar-refractivity contribution in [2.24, 2.45) is 11.7 Å². The van der Waals surface area contributed by atoms with Gasteiger partial charge in [-0.1, -0.05) is 56.3 Å². The highest BCUT2D eigenvalue weighted by Gasteiger charge is 2.45. The molecule has 180 valence electrons. The number of aliphatic hydroxyl groups is 1. The second kappa shape index (κ2) is 10.1. The Bertz CT molecular complexity index is 996. The van der Waals surface area contributed by atoms with E-state index < -0.39 is 42.2 Å². The third kappa shape index (κ3) is 5.83. The van der Waals surface area contributed by atoms with E-state index >= 15 is 0 Å². The van der Waals surface area contributed by atoms with E-state index in [4.69, 9.17) is 5.73 Å². The highest BCUT2D eigenvalue weighted by atomic mass is 19.4. The van der Waals surface area contributed by atoms with Crippen LogP contribution in [0.15, 0.2) is 42.5 Å². The summed E-state index contributed by atoms with van der Waals surface area (Å²) < 4.78 is 40.2. The Kier molecular flexibility index (Phi) is 7.64. The minimum Gasteiger partial charge on any atom is -0.382 e. The van der Waals surface area contributed by atoms with E-state index in [9.17, 15) is 27.9 Å². The van der Waals surface area contributed by atoms with Crippen LogP contribution in [0, 0.1) is 5.92 Å². The van der Waals surface area contributed by atoms with Gasteiger partial charge in [-0.05, 0) is 41.5 Å². The van der Waals surface area contributed by atoms with Gasteiger partial charge in [0.2, 0.25) is 11.8 Å². The molecule has 1 heterocycles. The van der Waals surface area contributed by atoms with Crippen LogP contribution in [0.5, 0.6) is 0 Å². The largest absolute Gasteiger partial charge is 0.416 e. The Morgan fingerprint density at radius 1 is 1.18 bits per heavy atom. The summed E-state index contributed by atoms with van der Waals surface area (Å²) in [6, 6.07) is 9.30. The lowest BCUT2D eigenvalue weighted by molar-refractivity contribution is -0.212. The molecule has 4 N–H and O–H groups in total. The topological polar surface area (TPSA) is 95.7 Å². The molecule has 0 saturated carbocycles. The molecule has 2 aromatic rings. The van der Waals surface area contributed by atoms with Crippen LogP contribution in [0.4, 0.5) is 13.2 Å². The molecule has 2 amide bonds. The van der Waals surface area contributed by atoms with Crippen molar-refractivity contribution in [3.63, 3.8) is 0 Å². The first-order valence-corrected chi connectivity index (χ1v) is 11.1. The van der Waals surface area contributed by atoms with E-state index in [-0.39, 0.29) is 12.3 Å². The molecule has 1 saturated heterocycles. The lowest BCUT2D eigenvalue weighted by Gasteiger charge is -2.31. The van der Waals surface area contributed by atoms with Crippen molar-refractivity contribution in [3.05, 3.63) is 48.0 Å². The van der Waals surface area contributed by atoms with Crippen molar-refractivity contribution in [2.75, 3.05) is 6.54 Å². The first kappa shape index (κ1) is 25.0. The third-order valence-electron chi connectivity index (χ3n) is 6.16. The van der Waals surface area contributed by atoms with Gasteiger partial charge in [-0.15, -0.1) is 0 Å². The van der Waals surface area contributed by atoms with Gasteiger partial charge in [0, 0.05) is 6.54 Å². The fourth-order valence-corrected chi connectivity index (χ4v) is 4.15. The van der Waals surface area contributed by atoms with Crippen LogP contribution < -0.4 is 11.1 Å². The molecular formula is C24H30F3N3O3. The van der Waals surface area contributed by atoms with Crippen molar-refractivity contribution in [3.8, 4) is 0 Å². The minimum atomic E-state index is -4.92. The van der Waals surface area contributed by atoms with Crippen molar-refractivity contribution in [1.82, 2.24) is 10.2 Å². The van der Waals surface area contributed by atoms with E-state index in [0.29, 0.717) is 24.9 Å². The van der Waals surface area contributed by atoms with Gasteiger partial charge in [-0.25, -0.2) is 0 Å². The Morgan fingerprint density at radius 3 is 2.48 bits per heavy atom. The number of hydrogen-bond acceptors (Lipinski definition) is 4. The van der Waals surface area contributed by atoms with Crippen LogP contribution in [0.3, 0.4) is 0 Å². The van der Waals surface area contributed by atoms with E-state index in [0.717, 1.165) is 10.8 Å². The van der Waals surface area contributed by atoms with Crippen LogP contribution in [-0.2, 0) is 16.0 Å². The van der Waals surface area contributed by atoms with Gasteiger partial charge in [0.05, 0.1) is 12.1 Å². The summed E-state index contributed by atoms with van der Waals surface area (Å²) >= 11 is 0. The number of alkyl halides is 3. The minimum absolute atomic E-state index is 0.144. The molecule has 33 heavy (non-hydrogen) atoms. The number of nitrogens with zero attached hydrogens (tertiary/aromatic N) is 1. The number of fused-ring (bicyclic) bond motifs is 1. The number of nitrogens with two attached hydrogens (primary N) is 1. The van der Waals surface area contributed by atoms with Crippen LogP contribution in [0.1, 0.15) is 32.3 Å². The summed E-state index contributed by atoms with van der Waals surface area (Å²) in [7, 11) is 0. The average molecular weight is 466 g/mol. The molecule has 0 aliphatic carbocycles. The van der Waals surface area contributed by atoms with Crippen LogP contribution >= 0.6 is 0 Å². The highest BCUT2D eigenvalue weighted by Crippen LogP contribution is 2.26. The number of aliphatic hydroxyl groups excluding tert-OH is 1. The van der Waals surface area contributed by atoms with Gasteiger partial charge in [-0.3, -0.25) is 9.59 Å². The number of carbonyl (C=O) groups is 2. The number of benzene rings is 2. The smallest absolute Gasteiger partial charge is 0.382 e. The highest BCUT2D eigenvalue weighted by molar-refractivity contribution is 5.90. The molecule has 4 unspecified atom stereocenters. The molecule has 1 aliphatic rings. The van der Waals surface area contributed by atoms with E-state index in [1.165, 1.54) is 4.90 Å². The zero-order valence-electron chi connectivity index (χ0n) is 18.7. The number of nitrogens with one attached hydrogen (secondary N) is 1. The molecule has 2 aromatic carbocycles. The molecule has 0 bridgehead atoms. The monoisotopic (exact) mass is 465 g/mol. The predicted molar refractivity (Wildman–Crippen MR) is 119 cm³/mol. The number of hydrogen-bond donors (Lipinski definition) is 3. The maximum absolute atomic E-state index is 13.4. The summed E-state index contributed by atoms with van der Waals surface area (Å²) in [6.45, 7) is 3.88. The molecule has 6 nitrogen and oxygen atoms in total. The number of rotatable bonds is 7. The van der Waals surface area contributed by atoms with Crippen molar-refractivity contribution >= 4 is 22.6 Å². The lowest BCUT2D eigenvalue weighted by Crippen LogP contribution is -2.57. The second-order valence-electron chi connectivity index (χ2n) is 8.95. The van der Waals surface area contributed by atoms with E-state index in [1.54, 1.807) is 32.0 Å². The summed E-state index contributed by atoms with van der Waals surface area (Å²) in [5, 5.41) is 14.2. The van der Waals surface area contributed by atoms with Crippen LogP contribution in [0.2, 0.25) is 0 Å². The van der Waals surface area contributed by atoms with Gasteiger partial charge in [0.15, 0.2) is 6.10 Å². The fourth-order valence-electron chi connectivity index (χ4n) is 4.15. The van der Waals surface area contributed by atoms with Gasteiger partial charge in [-0.2, -0.15) is 13.2 Å². The predicted octanol–water partition coefficient (Wildman–Crippen LogP) is 2.76. The number of amides is 2. The van der Waals surface area contributed by atoms with Gasteiger partial charge in [0.25, 0.3) is 0 Å². The maximum atomic E-state index is 13.4. The molecular weight excluding hydrogens is 435 g/mol. The number of halogens is 3. The normalized spacial score (nSPS) is 19.5. The molecule has 1 aliphatic heterocycles. The Balaban J connectivity index is 1.80. The fraction of sp³-hybridized carbons (Fsp3) is 0.500. The van der Waals surface area contributed by atoms with Gasteiger partial charge < -0.3 is 21.1 Å². The molecule has 3 rings (SSSR count). The molecule has 0 aromatic heterocycles. The Labute approximate surface area is 190 Å². The quantitative estimate of drug-likeness (QED) is 0.586. The maximum Gasteiger partial charge on any atom is 0.416 e. The van der Waals surface area contributed by atoms with Crippen molar-refractivity contribution < 1.29 is 27.9 Å². The molecule has 1 fully saturated rings. The first-order valence-electron chi connectivity index (χ1n) is 11.1. The molecule has 9 heteroatoms. The zero-order chi connectivity index (χ0) is 24.3. The van der Waals surface area contributed by atoms with Crippen molar-refractivity contribution in [2.45, 2.75) is 63.5 Å². The van der Waals surface area contributed by atoms with Crippen molar-refractivity contribution in [1.29, 1.82) is 0 Å². The molecule has 0 spiro atoms. The Morgan fingerprint density at radius 2 is 1.85 bits per heavy atom. The summed E-state index contributed by atoms with van der Waals surface area (Å²) in [5.74, 6) is -1.26. The summed E-state index contributed by atoms with van der Waals surface area (Å²) in [6.07, 6.45) is -7.01. The molecule has 0 radical (unpaired) electrons. The summed E-state index contributed by atoms with van der Waals surface area (Å²) in [5.41, 5.74) is 6.49. The standard InChI is InChI=1S/C24H30F3N3O3/c1-14(2)20(28)23(33)30-11-5-8-19(30)22(32)29-18(21(31)24(25,26)27)13-15-9-10-16-6-3-4-7-17(16)12-15/h3-4,6-7,9-10,12,14,18-21,31H,5,8,11,13,28H2,1-2H3,(H,29,32). The van der Waals surface area contributed by atoms with Gasteiger partial charge >= 0.3 is 6.18 Å². The second-order valence-corrected chi connectivity index (χ2v) is 8.95. The number of likely N-dealkylation sites (tertiary alicyclic amines) is 1. The average Bonchev–Trinajstić information content (AvgIpc) is 3.26. The van der Waals surface area contributed by atoms with Gasteiger partial charge in [0.1, 0.15) is 6.04 Å². The summed E-state index contributed by atoms with van der Waals surface area (Å²) in [4.78, 5) is 27.0. The molecule has 4 atom stereocenters. The Hall–Kier alpha value is -2.65.